The Morgan fingerprint density at radius 3 is 3.08 bits per heavy atom. The summed E-state index contributed by atoms with van der Waals surface area (Å²) in [5, 5.41) is 11.5. The molecular weight excluding hydrogens is 164 g/mol. The van der Waals surface area contributed by atoms with Gasteiger partial charge in [-0.25, -0.2) is 0 Å². The molecule has 0 spiro atoms. The highest BCUT2D eigenvalue weighted by atomic mass is 16.5. The topological polar surface area (TPSA) is 45.0 Å². The zero-order chi connectivity index (χ0) is 9.52. The van der Waals surface area contributed by atoms with Crippen molar-refractivity contribution in [2.45, 2.75) is 6.61 Å². The lowest BCUT2D eigenvalue weighted by atomic mass is 10.1. The van der Waals surface area contributed by atoms with E-state index in [0.717, 1.165) is 5.56 Å². The Bertz CT molecular complexity index is 304. The first kappa shape index (κ1) is 9.72. The number of ether oxygens (including phenoxy) is 1. The first-order valence-corrected chi connectivity index (χ1v) is 4.08. The Labute approximate surface area is 77.9 Å². The molecule has 0 aromatic heterocycles. The van der Waals surface area contributed by atoms with E-state index in [9.17, 15) is 0 Å². The number of hydrogen-bond donors (Lipinski definition) is 1. The molecule has 0 unspecified atom stereocenters. The number of nitrogens with one attached hydrogen (secondary N) is 1. The fourth-order valence-electron chi connectivity index (χ4n) is 1.00. The lowest BCUT2D eigenvalue weighted by molar-refractivity contribution is 0.109. The van der Waals surface area contributed by atoms with E-state index in [1.807, 2.05) is 25.2 Å². The molecule has 0 radical (unpaired) electrons. The van der Waals surface area contributed by atoms with Crippen LogP contribution in [0.1, 0.15) is 11.1 Å². The average molecular weight is 176 g/mol. The molecule has 0 amide bonds. The predicted octanol–water partition coefficient (Wildman–Crippen LogP) is 1.25. The number of nitriles is 1. The highest BCUT2D eigenvalue weighted by Crippen LogP contribution is 2.04. The van der Waals surface area contributed by atoms with Gasteiger partial charge in [0.25, 0.3) is 0 Å². The smallest absolute Gasteiger partial charge is 0.0991 e. The van der Waals surface area contributed by atoms with E-state index in [4.69, 9.17) is 10.00 Å². The van der Waals surface area contributed by atoms with Crippen LogP contribution >= 0.6 is 0 Å². The number of nitrogens with zero attached hydrogens (tertiary/aromatic N) is 1. The molecule has 68 valence electrons. The van der Waals surface area contributed by atoms with E-state index in [1.165, 1.54) is 0 Å². The maximum Gasteiger partial charge on any atom is 0.0991 e. The normalized spacial score (nSPS) is 9.54. The van der Waals surface area contributed by atoms with Gasteiger partial charge in [0.15, 0.2) is 0 Å². The van der Waals surface area contributed by atoms with Gasteiger partial charge >= 0.3 is 0 Å². The predicted molar refractivity (Wildman–Crippen MR) is 49.9 cm³/mol. The van der Waals surface area contributed by atoms with Crippen molar-refractivity contribution in [1.29, 1.82) is 5.26 Å². The van der Waals surface area contributed by atoms with Crippen LogP contribution in [-0.4, -0.2) is 13.8 Å². The summed E-state index contributed by atoms with van der Waals surface area (Å²) in [6.45, 7) is 1.06. The van der Waals surface area contributed by atoms with E-state index in [-0.39, 0.29) is 0 Å². The number of rotatable bonds is 4. The molecule has 0 heterocycles. The van der Waals surface area contributed by atoms with Gasteiger partial charge in [-0.3, -0.25) is 5.32 Å². The second-order valence-corrected chi connectivity index (χ2v) is 2.66. The van der Waals surface area contributed by atoms with Crippen LogP contribution in [0, 0.1) is 11.3 Å². The van der Waals surface area contributed by atoms with E-state index < -0.39 is 0 Å². The summed E-state index contributed by atoms with van der Waals surface area (Å²) in [7, 11) is 1.83. The summed E-state index contributed by atoms with van der Waals surface area (Å²) >= 11 is 0. The third-order valence-corrected chi connectivity index (χ3v) is 1.57. The molecule has 0 atom stereocenters. The highest BCUT2D eigenvalue weighted by molar-refractivity contribution is 5.32. The molecular formula is C10H12N2O. The maximum atomic E-state index is 8.63. The van der Waals surface area contributed by atoms with Crippen LogP contribution in [0.25, 0.3) is 0 Å². The van der Waals surface area contributed by atoms with E-state index in [2.05, 4.69) is 11.4 Å². The highest BCUT2D eigenvalue weighted by Gasteiger charge is 1.94. The Balaban J connectivity index is 2.52. The number of benzene rings is 1. The second-order valence-electron chi connectivity index (χ2n) is 2.66. The summed E-state index contributed by atoms with van der Waals surface area (Å²) in [5.74, 6) is 0. The lowest BCUT2D eigenvalue weighted by Crippen LogP contribution is -2.11. The molecule has 1 aromatic rings. The molecule has 0 saturated heterocycles. The number of hydrogen-bond acceptors (Lipinski definition) is 3. The monoisotopic (exact) mass is 176 g/mol. The molecule has 1 aromatic carbocycles. The minimum Gasteiger partial charge on any atom is -0.362 e. The first-order valence-electron chi connectivity index (χ1n) is 4.08. The van der Waals surface area contributed by atoms with Crippen LogP contribution in [0.2, 0.25) is 0 Å². The minimum atomic E-state index is 0.525. The SMILES string of the molecule is CNCOCc1cccc(C#N)c1. The van der Waals surface area contributed by atoms with Crippen LogP contribution in [0.4, 0.5) is 0 Å². The van der Waals surface area contributed by atoms with Gasteiger partial charge in [-0.2, -0.15) is 5.26 Å². The van der Waals surface area contributed by atoms with Crippen molar-refractivity contribution in [3.63, 3.8) is 0 Å². The molecule has 0 aliphatic rings. The van der Waals surface area contributed by atoms with E-state index >= 15 is 0 Å². The molecule has 0 saturated carbocycles. The average Bonchev–Trinajstić information content (AvgIpc) is 2.19. The molecule has 0 aliphatic carbocycles. The van der Waals surface area contributed by atoms with Gasteiger partial charge in [-0.1, -0.05) is 12.1 Å². The molecule has 13 heavy (non-hydrogen) atoms. The van der Waals surface area contributed by atoms with Crippen molar-refractivity contribution < 1.29 is 4.74 Å². The Kier molecular flexibility index (Phi) is 3.97. The van der Waals surface area contributed by atoms with Crippen molar-refractivity contribution in [2.75, 3.05) is 13.8 Å². The van der Waals surface area contributed by atoms with Crippen LogP contribution in [0.15, 0.2) is 24.3 Å². The van der Waals surface area contributed by atoms with E-state index in [0.29, 0.717) is 18.9 Å². The summed E-state index contributed by atoms with van der Waals surface area (Å²) in [6, 6.07) is 9.49. The molecule has 0 aliphatic heterocycles. The van der Waals surface area contributed by atoms with Crippen molar-refractivity contribution in [3.05, 3.63) is 35.4 Å². The van der Waals surface area contributed by atoms with Gasteiger partial charge in [0.05, 0.1) is 25.0 Å². The largest absolute Gasteiger partial charge is 0.362 e. The Hall–Kier alpha value is -1.37. The summed E-state index contributed by atoms with van der Waals surface area (Å²) in [5.41, 5.74) is 1.69. The van der Waals surface area contributed by atoms with Crippen LogP contribution in [0.3, 0.4) is 0 Å². The summed E-state index contributed by atoms with van der Waals surface area (Å²) < 4.78 is 5.25. The third-order valence-electron chi connectivity index (χ3n) is 1.57. The van der Waals surface area contributed by atoms with Gasteiger partial charge in [0.2, 0.25) is 0 Å². The van der Waals surface area contributed by atoms with Gasteiger partial charge in [0.1, 0.15) is 0 Å². The molecule has 3 heteroatoms. The van der Waals surface area contributed by atoms with Gasteiger partial charge < -0.3 is 4.74 Å². The standard InChI is InChI=1S/C10H12N2O/c1-12-8-13-7-10-4-2-3-9(5-10)6-11/h2-5,12H,7-8H2,1H3. The van der Waals surface area contributed by atoms with Crippen molar-refractivity contribution in [1.82, 2.24) is 5.32 Å². The third kappa shape index (κ3) is 3.24. The maximum absolute atomic E-state index is 8.63. The first-order chi connectivity index (χ1) is 6.36. The zero-order valence-corrected chi connectivity index (χ0v) is 7.58. The van der Waals surface area contributed by atoms with Gasteiger partial charge in [-0.05, 0) is 24.7 Å². The summed E-state index contributed by atoms with van der Waals surface area (Å²) in [6.07, 6.45) is 0. The quantitative estimate of drug-likeness (QED) is 0.554. The summed E-state index contributed by atoms with van der Waals surface area (Å²) in [4.78, 5) is 0. The lowest BCUT2D eigenvalue weighted by Gasteiger charge is -2.02. The van der Waals surface area contributed by atoms with Crippen LogP contribution in [0.5, 0.6) is 0 Å². The van der Waals surface area contributed by atoms with Crippen LogP contribution in [-0.2, 0) is 11.3 Å². The fourth-order valence-corrected chi connectivity index (χ4v) is 1.00. The molecule has 0 bridgehead atoms. The molecule has 0 fully saturated rings. The fraction of sp³-hybridized carbons (Fsp3) is 0.300. The van der Waals surface area contributed by atoms with Gasteiger partial charge in [0, 0.05) is 0 Å². The van der Waals surface area contributed by atoms with Gasteiger partial charge in [-0.15, -0.1) is 0 Å². The van der Waals surface area contributed by atoms with Crippen molar-refractivity contribution in [2.24, 2.45) is 0 Å². The Morgan fingerprint density at radius 2 is 2.38 bits per heavy atom. The van der Waals surface area contributed by atoms with Crippen LogP contribution < -0.4 is 5.32 Å². The molecule has 1 N–H and O–H groups in total. The molecule has 1 rings (SSSR count). The zero-order valence-electron chi connectivity index (χ0n) is 7.58. The molecule has 3 nitrogen and oxygen atoms in total. The minimum absolute atomic E-state index is 0.525. The Morgan fingerprint density at radius 1 is 1.54 bits per heavy atom. The van der Waals surface area contributed by atoms with Crippen molar-refractivity contribution in [3.8, 4) is 6.07 Å². The van der Waals surface area contributed by atoms with E-state index in [1.54, 1.807) is 6.07 Å². The van der Waals surface area contributed by atoms with Crippen molar-refractivity contribution >= 4 is 0 Å². The second kappa shape index (κ2) is 5.31.